The van der Waals surface area contributed by atoms with Gasteiger partial charge >= 0.3 is 0 Å². The molecule has 2 aromatic rings. The molecule has 8 heteroatoms. The predicted molar refractivity (Wildman–Crippen MR) is 97.8 cm³/mol. The van der Waals surface area contributed by atoms with Gasteiger partial charge in [0.05, 0.1) is 0 Å². The summed E-state index contributed by atoms with van der Waals surface area (Å²) in [6.45, 7) is 2.93. The lowest BCUT2D eigenvalue weighted by molar-refractivity contribution is -0.114. The molecule has 3 N–H and O–H groups in total. The fourth-order valence-corrected chi connectivity index (χ4v) is 2.03. The predicted octanol–water partition coefficient (Wildman–Crippen LogP) is 1.66. The molecule has 0 unspecified atom stereocenters. The van der Waals surface area contributed by atoms with Crippen LogP contribution in [0.4, 0.5) is 17.3 Å². The van der Waals surface area contributed by atoms with Gasteiger partial charge in [0.1, 0.15) is 5.69 Å². The third kappa shape index (κ3) is 6.19. The summed E-state index contributed by atoms with van der Waals surface area (Å²) < 4.78 is 0. The first-order valence-corrected chi connectivity index (χ1v) is 7.84. The SMILES string of the molecule is CC(=O)Nc1cccc(NC(=O)c2ccnc(NCCN(C)C)n2)c1. The summed E-state index contributed by atoms with van der Waals surface area (Å²) in [5, 5.41) is 8.50. The molecule has 0 atom stereocenters. The molecule has 1 heterocycles. The van der Waals surface area contributed by atoms with Crippen LogP contribution >= 0.6 is 0 Å². The van der Waals surface area contributed by atoms with Gasteiger partial charge < -0.3 is 20.9 Å². The lowest BCUT2D eigenvalue weighted by Gasteiger charge is -2.11. The minimum atomic E-state index is -0.349. The van der Waals surface area contributed by atoms with Gasteiger partial charge in [0.2, 0.25) is 11.9 Å². The highest BCUT2D eigenvalue weighted by Gasteiger charge is 2.10. The summed E-state index contributed by atoms with van der Waals surface area (Å²) in [5.41, 5.74) is 1.43. The van der Waals surface area contributed by atoms with Crippen molar-refractivity contribution in [1.82, 2.24) is 14.9 Å². The fourth-order valence-electron chi connectivity index (χ4n) is 2.03. The normalized spacial score (nSPS) is 10.4. The highest BCUT2D eigenvalue weighted by Crippen LogP contribution is 2.16. The molecule has 0 radical (unpaired) electrons. The Morgan fingerprint density at radius 2 is 1.84 bits per heavy atom. The van der Waals surface area contributed by atoms with Crippen LogP contribution in [-0.4, -0.2) is 53.9 Å². The second kappa shape index (κ2) is 8.74. The Kier molecular flexibility index (Phi) is 6.41. The lowest BCUT2D eigenvalue weighted by Crippen LogP contribution is -2.22. The van der Waals surface area contributed by atoms with E-state index in [-0.39, 0.29) is 17.5 Å². The van der Waals surface area contributed by atoms with Crippen LogP contribution in [0.15, 0.2) is 36.5 Å². The van der Waals surface area contributed by atoms with E-state index in [4.69, 9.17) is 0 Å². The third-order valence-corrected chi connectivity index (χ3v) is 3.17. The Morgan fingerprint density at radius 1 is 1.12 bits per heavy atom. The average Bonchev–Trinajstić information content (AvgIpc) is 2.54. The third-order valence-electron chi connectivity index (χ3n) is 3.17. The lowest BCUT2D eigenvalue weighted by atomic mass is 10.2. The van der Waals surface area contributed by atoms with Crippen molar-refractivity contribution in [2.75, 3.05) is 43.1 Å². The summed E-state index contributed by atoms with van der Waals surface area (Å²) in [6, 6.07) is 8.45. The highest BCUT2D eigenvalue weighted by atomic mass is 16.2. The van der Waals surface area contributed by atoms with Gasteiger partial charge in [0, 0.05) is 37.6 Å². The number of hydrogen-bond acceptors (Lipinski definition) is 6. The minimum Gasteiger partial charge on any atom is -0.353 e. The maximum Gasteiger partial charge on any atom is 0.274 e. The molecule has 0 saturated heterocycles. The van der Waals surface area contributed by atoms with E-state index in [1.165, 1.54) is 13.1 Å². The van der Waals surface area contributed by atoms with E-state index in [9.17, 15) is 9.59 Å². The number of carbonyl (C=O) groups excluding carboxylic acids is 2. The van der Waals surface area contributed by atoms with E-state index in [1.54, 1.807) is 30.3 Å². The molecular weight excluding hydrogens is 320 g/mol. The van der Waals surface area contributed by atoms with Gasteiger partial charge in [-0.25, -0.2) is 9.97 Å². The maximum absolute atomic E-state index is 12.4. The van der Waals surface area contributed by atoms with Crippen LogP contribution in [-0.2, 0) is 4.79 Å². The van der Waals surface area contributed by atoms with Crippen molar-refractivity contribution in [3.63, 3.8) is 0 Å². The summed E-state index contributed by atoms with van der Waals surface area (Å²) in [7, 11) is 3.95. The number of anilines is 3. The first kappa shape index (κ1) is 18.3. The summed E-state index contributed by atoms with van der Waals surface area (Å²) >= 11 is 0. The monoisotopic (exact) mass is 342 g/mol. The van der Waals surface area contributed by atoms with E-state index >= 15 is 0 Å². The number of amides is 2. The number of nitrogens with one attached hydrogen (secondary N) is 3. The number of aromatic nitrogens is 2. The Morgan fingerprint density at radius 3 is 2.52 bits per heavy atom. The zero-order chi connectivity index (χ0) is 18.2. The molecule has 0 aliphatic rings. The topological polar surface area (TPSA) is 99.2 Å². The Balaban J connectivity index is 2.02. The van der Waals surface area contributed by atoms with E-state index in [0.29, 0.717) is 23.9 Å². The van der Waals surface area contributed by atoms with Crippen molar-refractivity contribution < 1.29 is 9.59 Å². The molecule has 0 fully saturated rings. The van der Waals surface area contributed by atoms with Crippen molar-refractivity contribution in [3.8, 4) is 0 Å². The Hall–Kier alpha value is -3.00. The summed E-state index contributed by atoms with van der Waals surface area (Å²) in [4.78, 5) is 33.8. The minimum absolute atomic E-state index is 0.173. The molecule has 0 spiro atoms. The molecule has 2 amide bonds. The van der Waals surface area contributed by atoms with Crippen LogP contribution in [0.2, 0.25) is 0 Å². The second-order valence-electron chi connectivity index (χ2n) is 5.71. The second-order valence-corrected chi connectivity index (χ2v) is 5.71. The van der Waals surface area contributed by atoms with E-state index in [1.807, 2.05) is 19.0 Å². The van der Waals surface area contributed by atoms with Crippen molar-refractivity contribution in [1.29, 1.82) is 0 Å². The molecule has 1 aromatic carbocycles. The number of hydrogen-bond donors (Lipinski definition) is 3. The van der Waals surface area contributed by atoms with Crippen molar-refractivity contribution in [2.45, 2.75) is 6.92 Å². The van der Waals surface area contributed by atoms with E-state index in [0.717, 1.165) is 6.54 Å². The van der Waals surface area contributed by atoms with Crippen molar-refractivity contribution in [2.24, 2.45) is 0 Å². The zero-order valence-corrected chi connectivity index (χ0v) is 14.5. The molecule has 0 aliphatic carbocycles. The number of rotatable bonds is 7. The van der Waals surface area contributed by atoms with Gasteiger partial charge in [-0.15, -0.1) is 0 Å². The standard InChI is InChI=1S/C17H22N6O2/c1-12(24)20-13-5-4-6-14(11-13)21-16(25)15-7-8-18-17(22-15)19-9-10-23(2)3/h4-8,11H,9-10H2,1-3H3,(H,20,24)(H,21,25)(H,18,19,22). The van der Waals surface area contributed by atoms with Gasteiger partial charge in [-0.1, -0.05) is 6.07 Å². The maximum atomic E-state index is 12.4. The largest absolute Gasteiger partial charge is 0.353 e. The van der Waals surface area contributed by atoms with Crippen LogP contribution < -0.4 is 16.0 Å². The van der Waals surface area contributed by atoms with Crippen LogP contribution in [0.25, 0.3) is 0 Å². The molecular formula is C17H22N6O2. The quantitative estimate of drug-likeness (QED) is 0.708. The molecule has 0 aliphatic heterocycles. The van der Waals surface area contributed by atoms with Gasteiger partial charge in [0.15, 0.2) is 0 Å². The van der Waals surface area contributed by atoms with E-state index < -0.39 is 0 Å². The Bertz CT molecular complexity index is 747. The highest BCUT2D eigenvalue weighted by molar-refractivity contribution is 6.03. The molecule has 2 rings (SSSR count). The van der Waals surface area contributed by atoms with Gasteiger partial charge in [0.25, 0.3) is 5.91 Å². The molecule has 132 valence electrons. The zero-order valence-electron chi connectivity index (χ0n) is 14.5. The molecule has 25 heavy (non-hydrogen) atoms. The summed E-state index contributed by atoms with van der Waals surface area (Å²) in [5.74, 6) is -0.118. The molecule has 8 nitrogen and oxygen atoms in total. The van der Waals surface area contributed by atoms with E-state index in [2.05, 4.69) is 25.9 Å². The Labute approximate surface area is 146 Å². The number of carbonyl (C=O) groups is 2. The van der Waals surface area contributed by atoms with Gasteiger partial charge in [-0.05, 0) is 38.4 Å². The smallest absolute Gasteiger partial charge is 0.274 e. The molecule has 0 bridgehead atoms. The average molecular weight is 342 g/mol. The number of likely N-dealkylation sites (N-methyl/N-ethyl adjacent to an activating group) is 1. The van der Waals surface area contributed by atoms with Crippen LogP contribution in [0.1, 0.15) is 17.4 Å². The number of benzene rings is 1. The number of nitrogens with zero attached hydrogens (tertiary/aromatic N) is 3. The van der Waals surface area contributed by atoms with Crippen molar-refractivity contribution in [3.05, 3.63) is 42.2 Å². The first-order chi connectivity index (χ1) is 11.9. The van der Waals surface area contributed by atoms with Crippen LogP contribution in [0.3, 0.4) is 0 Å². The fraction of sp³-hybridized carbons (Fsp3) is 0.294. The molecule has 0 saturated carbocycles. The first-order valence-electron chi connectivity index (χ1n) is 7.84. The molecule has 1 aromatic heterocycles. The van der Waals surface area contributed by atoms with Gasteiger partial charge in [-0.3, -0.25) is 9.59 Å². The summed E-state index contributed by atoms with van der Waals surface area (Å²) in [6.07, 6.45) is 1.54. The van der Waals surface area contributed by atoms with Crippen molar-refractivity contribution >= 4 is 29.1 Å². The van der Waals surface area contributed by atoms with Crippen LogP contribution in [0, 0.1) is 0 Å². The van der Waals surface area contributed by atoms with Crippen LogP contribution in [0.5, 0.6) is 0 Å². The van der Waals surface area contributed by atoms with Gasteiger partial charge in [-0.2, -0.15) is 0 Å².